The summed E-state index contributed by atoms with van der Waals surface area (Å²) in [5.41, 5.74) is 0. The van der Waals surface area contributed by atoms with E-state index in [1.807, 2.05) is 0 Å². The van der Waals surface area contributed by atoms with Gasteiger partial charge in [-0.3, -0.25) is 4.79 Å². The SMILES string of the molecule is C=CCOCC1CCN(C(=O)CCS(=O)(=O)c2ccc(Cl)cc2)CC1. The van der Waals surface area contributed by atoms with E-state index in [4.69, 9.17) is 16.3 Å². The molecule has 25 heavy (non-hydrogen) atoms. The predicted molar refractivity (Wildman–Crippen MR) is 98.4 cm³/mol. The Bertz CT molecular complexity index is 680. The molecule has 2 rings (SSSR count). The molecule has 138 valence electrons. The minimum absolute atomic E-state index is 0.00257. The summed E-state index contributed by atoms with van der Waals surface area (Å²) in [6.45, 7) is 6.14. The van der Waals surface area contributed by atoms with Crippen LogP contribution >= 0.6 is 11.6 Å². The van der Waals surface area contributed by atoms with Gasteiger partial charge in [0, 0.05) is 31.1 Å². The van der Waals surface area contributed by atoms with Crippen molar-refractivity contribution in [3.63, 3.8) is 0 Å². The van der Waals surface area contributed by atoms with Crippen LogP contribution in [0.5, 0.6) is 0 Å². The second-order valence-corrected chi connectivity index (χ2v) is 8.72. The molecule has 0 N–H and O–H groups in total. The molecule has 0 bridgehead atoms. The molecule has 0 spiro atoms. The van der Waals surface area contributed by atoms with E-state index in [1.165, 1.54) is 24.3 Å². The monoisotopic (exact) mass is 385 g/mol. The summed E-state index contributed by atoms with van der Waals surface area (Å²) >= 11 is 5.77. The smallest absolute Gasteiger partial charge is 0.223 e. The van der Waals surface area contributed by atoms with Crippen LogP contribution in [0.25, 0.3) is 0 Å². The molecule has 0 atom stereocenters. The Labute approximate surface area is 154 Å². The van der Waals surface area contributed by atoms with Crippen molar-refractivity contribution in [2.24, 2.45) is 5.92 Å². The van der Waals surface area contributed by atoms with E-state index in [-0.39, 0.29) is 23.0 Å². The molecule has 0 saturated carbocycles. The first-order valence-electron chi connectivity index (χ1n) is 8.37. The number of likely N-dealkylation sites (tertiary alicyclic amines) is 1. The van der Waals surface area contributed by atoms with E-state index >= 15 is 0 Å². The topological polar surface area (TPSA) is 63.7 Å². The Morgan fingerprint density at radius 2 is 1.92 bits per heavy atom. The van der Waals surface area contributed by atoms with Crippen LogP contribution in [0, 0.1) is 5.92 Å². The normalized spacial score (nSPS) is 16.0. The Hall–Kier alpha value is -1.37. The minimum Gasteiger partial charge on any atom is -0.377 e. The molecule has 5 nitrogen and oxygen atoms in total. The van der Waals surface area contributed by atoms with Crippen molar-refractivity contribution in [2.45, 2.75) is 24.2 Å². The maximum Gasteiger partial charge on any atom is 0.223 e. The van der Waals surface area contributed by atoms with Gasteiger partial charge in [-0.1, -0.05) is 17.7 Å². The standard InChI is InChI=1S/C18H24ClNO4S/c1-2-12-24-14-15-7-10-20(11-8-15)18(21)9-13-25(22,23)17-5-3-16(19)4-6-17/h2-6,15H,1,7-14H2. The van der Waals surface area contributed by atoms with Crippen LogP contribution in [-0.4, -0.2) is 51.3 Å². The molecule has 0 aliphatic carbocycles. The lowest BCUT2D eigenvalue weighted by atomic mass is 9.97. The highest BCUT2D eigenvalue weighted by Crippen LogP contribution is 2.20. The minimum atomic E-state index is -3.47. The first-order chi connectivity index (χ1) is 11.9. The van der Waals surface area contributed by atoms with Crippen molar-refractivity contribution < 1.29 is 17.9 Å². The van der Waals surface area contributed by atoms with Crippen molar-refractivity contribution in [3.8, 4) is 0 Å². The molecule has 1 amide bonds. The summed E-state index contributed by atoms with van der Waals surface area (Å²) < 4.78 is 30.0. The van der Waals surface area contributed by atoms with Gasteiger partial charge in [-0.2, -0.15) is 0 Å². The average molecular weight is 386 g/mol. The predicted octanol–water partition coefficient (Wildman–Crippen LogP) is 2.95. The number of ether oxygens (including phenoxy) is 1. The molecule has 1 aliphatic heterocycles. The van der Waals surface area contributed by atoms with Gasteiger partial charge < -0.3 is 9.64 Å². The third kappa shape index (κ3) is 6.13. The number of hydrogen-bond donors (Lipinski definition) is 0. The number of sulfone groups is 1. The largest absolute Gasteiger partial charge is 0.377 e. The van der Waals surface area contributed by atoms with E-state index in [1.54, 1.807) is 11.0 Å². The number of halogens is 1. The van der Waals surface area contributed by atoms with E-state index in [2.05, 4.69) is 6.58 Å². The van der Waals surface area contributed by atoms with Crippen LogP contribution in [0.15, 0.2) is 41.8 Å². The highest BCUT2D eigenvalue weighted by Gasteiger charge is 2.24. The zero-order valence-corrected chi connectivity index (χ0v) is 15.8. The molecule has 1 aromatic rings. The van der Waals surface area contributed by atoms with Crippen LogP contribution in [0.4, 0.5) is 0 Å². The molecule has 1 aliphatic rings. The fourth-order valence-corrected chi connectivity index (χ4v) is 4.16. The molecule has 1 saturated heterocycles. The van der Waals surface area contributed by atoms with Crippen molar-refractivity contribution in [1.82, 2.24) is 4.90 Å². The number of rotatable bonds is 8. The van der Waals surface area contributed by atoms with Crippen molar-refractivity contribution >= 4 is 27.3 Å². The fourth-order valence-electron chi connectivity index (χ4n) is 2.81. The Morgan fingerprint density at radius 3 is 2.52 bits per heavy atom. The third-order valence-corrected chi connectivity index (χ3v) is 6.30. The zero-order valence-electron chi connectivity index (χ0n) is 14.2. The zero-order chi connectivity index (χ0) is 18.3. The highest BCUT2D eigenvalue weighted by atomic mass is 35.5. The lowest BCUT2D eigenvalue weighted by Crippen LogP contribution is -2.40. The van der Waals surface area contributed by atoms with E-state index in [9.17, 15) is 13.2 Å². The Morgan fingerprint density at radius 1 is 1.28 bits per heavy atom. The summed E-state index contributed by atoms with van der Waals surface area (Å²) in [5.74, 6) is 0.153. The number of benzene rings is 1. The van der Waals surface area contributed by atoms with Gasteiger partial charge in [0.1, 0.15) is 0 Å². The maximum absolute atomic E-state index is 12.3. The lowest BCUT2D eigenvalue weighted by Gasteiger charge is -2.31. The summed E-state index contributed by atoms with van der Waals surface area (Å²) in [7, 11) is -3.47. The van der Waals surface area contributed by atoms with E-state index in [0.717, 1.165) is 12.8 Å². The van der Waals surface area contributed by atoms with Crippen molar-refractivity contribution in [3.05, 3.63) is 41.9 Å². The van der Waals surface area contributed by atoms with Crippen molar-refractivity contribution in [1.29, 1.82) is 0 Å². The van der Waals surface area contributed by atoms with Crippen LogP contribution in [0.1, 0.15) is 19.3 Å². The first kappa shape index (κ1) is 19.9. The van der Waals surface area contributed by atoms with Crippen LogP contribution < -0.4 is 0 Å². The van der Waals surface area contributed by atoms with Crippen LogP contribution in [0.2, 0.25) is 5.02 Å². The van der Waals surface area contributed by atoms with E-state index < -0.39 is 9.84 Å². The molecule has 7 heteroatoms. The maximum atomic E-state index is 12.3. The second kappa shape index (κ2) is 9.36. The molecule has 1 heterocycles. The Kier molecular flexibility index (Phi) is 7.47. The Balaban J connectivity index is 1.79. The molecule has 0 aromatic heterocycles. The van der Waals surface area contributed by atoms with Gasteiger partial charge in [0.15, 0.2) is 9.84 Å². The van der Waals surface area contributed by atoms with Crippen molar-refractivity contribution in [2.75, 3.05) is 32.1 Å². The summed E-state index contributed by atoms with van der Waals surface area (Å²) in [4.78, 5) is 14.2. The van der Waals surface area contributed by atoms with Gasteiger partial charge in [0.05, 0.1) is 17.3 Å². The van der Waals surface area contributed by atoms with Gasteiger partial charge >= 0.3 is 0 Å². The molecule has 0 unspecified atom stereocenters. The molecule has 1 fully saturated rings. The third-order valence-electron chi connectivity index (χ3n) is 4.31. The number of carbonyl (C=O) groups excluding carboxylic acids is 1. The number of piperidine rings is 1. The fraction of sp³-hybridized carbons (Fsp3) is 0.500. The van der Waals surface area contributed by atoms with Gasteiger partial charge in [0.25, 0.3) is 0 Å². The number of amides is 1. The van der Waals surface area contributed by atoms with Crippen LogP contribution in [0.3, 0.4) is 0 Å². The first-order valence-corrected chi connectivity index (χ1v) is 10.4. The molecular weight excluding hydrogens is 362 g/mol. The number of nitrogens with zero attached hydrogens (tertiary/aromatic N) is 1. The highest BCUT2D eigenvalue weighted by molar-refractivity contribution is 7.91. The molecule has 0 radical (unpaired) electrons. The van der Waals surface area contributed by atoms with Gasteiger partial charge in [-0.15, -0.1) is 6.58 Å². The molecular formula is C18H24ClNO4S. The van der Waals surface area contributed by atoms with Gasteiger partial charge in [-0.25, -0.2) is 8.42 Å². The number of carbonyl (C=O) groups is 1. The quantitative estimate of drug-likeness (QED) is 0.509. The lowest BCUT2D eigenvalue weighted by molar-refractivity contribution is -0.132. The average Bonchev–Trinajstić information content (AvgIpc) is 2.61. The summed E-state index contributed by atoms with van der Waals surface area (Å²) in [6.07, 6.45) is 3.49. The summed E-state index contributed by atoms with van der Waals surface area (Å²) in [6, 6.07) is 6.01. The second-order valence-electron chi connectivity index (χ2n) is 6.17. The van der Waals surface area contributed by atoms with E-state index in [0.29, 0.717) is 37.2 Å². The number of hydrogen-bond acceptors (Lipinski definition) is 4. The summed E-state index contributed by atoms with van der Waals surface area (Å²) in [5, 5.41) is 0.481. The molecule has 1 aromatic carbocycles. The van der Waals surface area contributed by atoms with Crippen LogP contribution in [-0.2, 0) is 19.4 Å². The van der Waals surface area contributed by atoms with Gasteiger partial charge in [-0.05, 0) is 43.0 Å². The van der Waals surface area contributed by atoms with Gasteiger partial charge in [0.2, 0.25) is 5.91 Å².